The Labute approximate surface area is 119 Å². The first-order chi connectivity index (χ1) is 9.24. The smallest absolute Gasteiger partial charge is 0.282 e. The van der Waals surface area contributed by atoms with E-state index in [1.807, 2.05) is 0 Å². The Morgan fingerprint density at radius 1 is 1.20 bits per heavy atom. The van der Waals surface area contributed by atoms with Gasteiger partial charge in [0.2, 0.25) is 10.0 Å². The number of sulfonamides is 1. The lowest BCUT2D eigenvalue weighted by Crippen LogP contribution is -2.41. The maximum atomic E-state index is 12.5. The van der Waals surface area contributed by atoms with Gasteiger partial charge in [0.1, 0.15) is 0 Å². The molecule has 6 nitrogen and oxygen atoms in total. The lowest BCUT2D eigenvalue weighted by molar-refractivity contribution is 0.397. The molecule has 1 saturated heterocycles. The zero-order valence-electron chi connectivity index (χ0n) is 11.0. The number of hydrogen-bond donors (Lipinski definition) is 1. The molecule has 0 aliphatic carbocycles. The largest absolute Gasteiger partial charge is 0.284 e. The fraction of sp³-hybridized carbons (Fsp3) is 0.500. The van der Waals surface area contributed by atoms with Gasteiger partial charge in [0.05, 0.1) is 5.25 Å². The van der Waals surface area contributed by atoms with Crippen molar-refractivity contribution in [3.05, 3.63) is 35.9 Å². The van der Waals surface area contributed by atoms with Crippen LogP contribution in [0.15, 0.2) is 30.3 Å². The van der Waals surface area contributed by atoms with Crippen LogP contribution in [-0.2, 0) is 20.1 Å². The highest BCUT2D eigenvalue weighted by Gasteiger charge is 2.43. The van der Waals surface area contributed by atoms with E-state index in [0.717, 1.165) is 4.31 Å². The van der Waals surface area contributed by atoms with Crippen LogP contribution in [0.2, 0.25) is 0 Å². The zero-order valence-corrected chi connectivity index (χ0v) is 12.6. The molecule has 0 bridgehead atoms. The Balaban J connectivity index is 2.36. The first-order valence-corrected chi connectivity index (χ1v) is 9.27. The van der Waals surface area contributed by atoms with E-state index in [1.54, 1.807) is 30.3 Å². The Bertz CT molecular complexity index is 669. The van der Waals surface area contributed by atoms with Gasteiger partial charge < -0.3 is 0 Å². The molecule has 0 radical (unpaired) electrons. The zero-order chi connectivity index (χ0) is 15.0. The Morgan fingerprint density at radius 3 is 2.35 bits per heavy atom. The normalized spacial score (nSPS) is 22.8. The lowest BCUT2D eigenvalue weighted by atomic mass is 10.2. The van der Waals surface area contributed by atoms with Gasteiger partial charge in [0.25, 0.3) is 10.1 Å². The fourth-order valence-electron chi connectivity index (χ4n) is 2.40. The maximum absolute atomic E-state index is 12.5. The van der Waals surface area contributed by atoms with Crippen LogP contribution < -0.4 is 0 Å². The molecule has 1 aromatic carbocycles. The van der Waals surface area contributed by atoms with Gasteiger partial charge in [-0.3, -0.25) is 4.55 Å². The summed E-state index contributed by atoms with van der Waals surface area (Å²) in [7, 11) is -8.23. The van der Waals surface area contributed by atoms with Crippen LogP contribution >= 0.6 is 0 Å². The van der Waals surface area contributed by atoms with E-state index in [0.29, 0.717) is 12.0 Å². The molecule has 0 amide bonds. The summed E-state index contributed by atoms with van der Waals surface area (Å²) in [5.41, 5.74) is 0.591. The van der Waals surface area contributed by atoms with Crippen LogP contribution in [0.1, 0.15) is 30.6 Å². The van der Waals surface area contributed by atoms with Crippen LogP contribution in [0.3, 0.4) is 0 Å². The molecule has 2 atom stereocenters. The van der Waals surface area contributed by atoms with Gasteiger partial charge in [-0.1, -0.05) is 30.3 Å². The van der Waals surface area contributed by atoms with E-state index < -0.39 is 30.8 Å². The molecule has 112 valence electrons. The van der Waals surface area contributed by atoms with E-state index in [2.05, 4.69) is 0 Å². The predicted octanol–water partition coefficient (Wildman–Crippen LogP) is 1.39. The van der Waals surface area contributed by atoms with Crippen molar-refractivity contribution in [3.8, 4) is 0 Å². The van der Waals surface area contributed by atoms with Crippen LogP contribution in [-0.4, -0.2) is 37.6 Å². The standard InChI is InChI=1S/C12H17NO5S2/c1-10(11-6-3-2-4-7-11)19(14,15)13-9-5-8-12(13)20(16,17)18/h2-4,6-7,10,12H,5,8-9H2,1H3,(H,16,17,18). The van der Waals surface area contributed by atoms with Crippen molar-refractivity contribution in [1.82, 2.24) is 4.31 Å². The SMILES string of the molecule is CC(c1ccccc1)S(=O)(=O)N1CCCC1S(=O)(=O)O. The maximum Gasteiger partial charge on any atom is 0.282 e. The Kier molecular flexibility index (Phi) is 4.19. The third-order valence-corrected chi connectivity index (χ3v) is 7.11. The van der Waals surface area contributed by atoms with E-state index in [9.17, 15) is 16.8 Å². The summed E-state index contributed by atoms with van der Waals surface area (Å²) < 4.78 is 57.8. The molecular weight excluding hydrogens is 302 g/mol. The monoisotopic (exact) mass is 319 g/mol. The molecule has 0 spiro atoms. The molecule has 20 heavy (non-hydrogen) atoms. The molecule has 1 fully saturated rings. The topological polar surface area (TPSA) is 91.8 Å². The summed E-state index contributed by atoms with van der Waals surface area (Å²) in [6.07, 6.45) is 0.546. The van der Waals surface area contributed by atoms with Gasteiger partial charge in [0.15, 0.2) is 5.37 Å². The van der Waals surface area contributed by atoms with Gasteiger partial charge in [-0.2, -0.15) is 12.7 Å². The van der Waals surface area contributed by atoms with Crippen molar-refractivity contribution >= 4 is 20.1 Å². The first-order valence-electron chi connectivity index (χ1n) is 6.26. The average molecular weight is 319 g/mol. The van der Waals surface area contributed by atoms with E-state index in [-0.39, 0.29) is 13.0 Å². The van der Waals surface area contributed by atoms with Crippen molar-refractivity contribution in [2.24, 2.45) is 0 Å². The minimum atomic E-state index is -4.40. The van der Waals surface area contributed by atoms with Crippen molar-refractivity contribution in [2.45, 2.75) is 30.4 Å². The van der Waals surface area contributed by atoms with Gasteiger partial charge >= 0.3 is 0 Å². The summed E-state index contributed by atoms with van der Waals surface area (Å²) in [6.45, 7) is 1.63. The van der Waals surface area contributed by atoms with E-state index >= 15 is 0 Å². The second kappa shape index (κ2) is 5.44. The third-order valence-electron chi connectivity index (χ3n) is 3.54. The number of benzene rings is 1. The number of nitrogens with zero attached hydrogens (tertiary/aromatic N) is 1. The lowest BCUT2D eigenvalue weighted by Gasteiger charge is -2.25. The summed E-state index contributed by atoms with van der Waals surface area (Å²) >= 11 is 0. The molecule has 1 aromatic rings. The van der Waals surface area contributed by atoms with Crippen molar-refractivity contribution in [3.63, 3.8) is 0 Å². The highest BCUT2D eigenvalue weighted by Crippen LogP contribution is 2.32. The number of rotatable bonds is 4. The fourth-order valence-corrected chi connectivity index (χ4v) is 5.67. The summed E-state index contributed by atoms with van der Waals surface area (Å²) in [6, 6.07) is 8.60. The second-order valence-electron chi connectivity index (χ2n) is 4.82. The predicted molar refractivity (Wildman–Crippen MR) is 75.1 cm³/mol. The third kappa shape index (κ3) is 2.88. The highest BCUT2D eigenvalue weighted by atomic mass is 32.2. The van der Waals surface area contributed by atoms with Crippen molar-refractivity contribution < 1.29 is 21.4 Å². The molecule has 2 unspecified atom stereocenters. The van der Waals surface area contributed by atoms with Gasteiger partial charge in [-0.25, -0.2) is 8.42 Å². The van der Waals surface area contributed by atoms with Gasteiger partial charge in [-0.15, -0.1) is 0 Å². The minimum absolute atomic E-state index is 0.115. The molecule has 8 heteroatoms. The summed E-state index contributed by atoms with van der Waals surface area (Å²) in [5, 5.41) is -2.22. The Hall–Kier alpha value is -0.960. The van der Waals surface area contributed by atoms with E-state index in [1.165, 1.54) is 6.92 Å². The van der Waals surface area contributed by atoms with E-state index in [4.69, 9.17) is 4.55 Å². The number of hydrogen-bond acceptors (Lipinski definition) is 4. The van der Waals surface area contributed by atoms with Crippen LogP contribution in [0, 0.1) is 0 Å². The van der Waals surface area contributed by atoms with Gasteiger partial charge in [0, 0.05) is 6.54 Å². The van der Waals surface area contributed by atoms with Crippen LogP contribution in [0.4, 0.5) is 0 Å². The molecule has 2 rings (SSSR count). The second-order valence-corrected chi connectivity index (χ2v) is 8.60. The molecule has 1 N–H and O–H groups in total. The molecule has 0 saturated carbocycles. The average Bonchev–Trinajstić information content (AvgIpc) is 2.88. The minimum Gasteiger partial charge on any atom is -0.284 e. The summed E-state index contributed by atoms with van der Waals surface area (Å²) in [4.78, 5) is 0. The van der Waals surface area contributed by atoms with Gasteiger partial charge in [-0.05, 0) is 25.3 Å². The van der Waals surface area contributed by atoms with Crippen molar-refractivity contribution in [2.75, 3.05) is 6.54 Å². The molecular formula is C12H17NO5S2. The molecule has 1 aliphatic rings. The summed E-state index contributed by atoms with van der Waals surface area (Å²) in [5.74, 6) is 0. The molecule has 1 heterocycles. The highest BCUT2D eigenvalue weighted by molar-refractivity contribution is 7.91. The molecule has 1 aliphatic heterocycles. The first kappa shape index (κ1) is 15.4. The van der Waals surface area contributed by atoms with Crippen molar-refractivity contribution in [1.29, 1.82) is 0 Å². The quantitative estimate of drug-likeness (QED) is 0.847. The van der Waals surface area contributed by atoms with Crippen LogP contribution in [0.25, 0.3) is 0 Å². The Morgan fingerprint density at radius 2 is 1.80 bits per heavy atom. The van der Waals surface area contributed by atoms with Crippen LogP contribution in [0.5, 0.6) is 0 Å². The molecule has 0 aromatic heterocycles.